The van der Waals surface area contributed by atoms with Crippen molar-refractivity contribution in [3.63, 3.8) is 0 Å². The summed E-state index contributed by atoms with van der Waals surface area (Å²) < 4.78 is 14.1. The summed E-state index contributed by atoms with van der Waals surface area (Å²) in [4.78, 5) is 12.3. The van der Waals surface area contributed by atoms with Gasteiger partial charge in [-0.3, -0.25) is 4.79 Å². The van der Waals surface area contributed by atoms with Crippen LogP contribution >= 0.6 is 0 Å². The molecule has 1 N–H and O–H groups in total. The topological polar surface area (TPSA) is 37.3 Å². The molecule has 0 saturated heterocycles. The average molecular weight is 306 g/mol. The Hall–Kier alpha value is -0.700. The van der Waals surface area contributed by atoms with Crippen molar-refractivity contribution in [2.45, 2.75) is 71.1 Å². The van der Waals surface area contributed by atoms with E-state index in [-0.39, 0.29) is 23.0 Å². The van der Waals surface area contributed by atoms with Gasteiger partial charge in [0.25, 0.3) is 0 Å². The van der Waals surface area contributed by atoms with Crippen LogP contribution in [0, 0.1) is 28.6 Å². The van der Waals surface area contributed by atoms with Crippen LogP contribution in [0.15, 0.2) is 11.6 Å². The second-order valence-corrected chi connectivity index (χ2v) is 8.62. The van der Waals surface area contributed by atoms with Crippen molar-refractivity contribution in [2.24, 2.45) is 28.6 Å². The molecule has 0 radical (unpaired) electrons. The number of carbonyl (C=O) groups excluding carboxylic acids is 1. The number of Topliss-reactive ketones (excluding diaryl/α,β-unsaturated/α-hetero) is 1. The third kappa shape index (κ3) is 1.72. The van der Waals surface area contributed by atoms with E-state index in [4.69, 9.17) is 0 Å². The van der Waals surface area contributed by atoms with E-state index < -0.39 is 17.7 Å². The van der Waals surface area contributed by atoms with Crippen LogP contribution in [0.4, 0.5) is 4.39 Å². The van der Waals surface area contributed by atoms with Crippen molar-refractivity contribution in [3.05, 3.63) is 11.6 Å². The van der Waals surface area contributed by atoms with Gasteiger partial charge >= 0.3 is 0 Å². The molecule has 2 nitrogen and oxygen atoms in total. The zero-order valence-electron chi connectivity index (χ0n) is 13.6. The van der Waals surface area contributed by atoms with Crippen LogP contribution in [0.1, 0.15) is 58.8 Å². The van der Waals surface area contributed by atoms with Gasteiger partial charge in [0, 0.05) is 5.41 Å². The molecular weight excluding hydrogens is 279 g/mol. The standard InChI is InChI=1S/C19H27FO2/c1-18-7-4-3-5-11(18)9-15(21)16-12(18)6-8-19(2)13(16)10-14(20)17(19)22/h9,12-16,21H,3-8,10H2,1-2H3/t12-,13+,14?,15?,16-,18+,19+/m1/s1. The lowest BCUT2D eigenvalue weighted by Crippen LogP contribution is -2.54. The monoisotopic (exact) mass is 306 g/mol. The zero-order valence-corrected chi connectivity index (χ0v) is 13.6. The summed E-state index contributed by atoms with van der Waals surface area (Å²) in [6, 6.07) is 0. The summed E-state index contributed by atoms with van der Waals surface area (Å²) in [5.74, 6) is 0.293. The van der Waals surface area contributed by atoms with E-state index in [0.717, 1.165) is 19.3 Å². The number of rotatable bonds is 0. The Morgan fingerprint density at radius 3 is 2.73 bits per heavy atom. The molecule has 0 aliphatic heterocycles. The average Bonchev–Trinajstić information content (AvgIpc) is 2.71. The molecule has 0 amide bonds. The Labute approximate surface area is 132 Å². The van der Waals surface area contributed by atoms with E-state index in [1.54, 1.807) is 0 Å². The number of aliphatic hydroxyl groups excluding tert-OH is 1. The quantitative estimate of drug-likeness (QED) is 0.691. The van der Waals surface area contributed by atoms with E-state index in [1.165, 1.54) is 24.8 Å². The zero-order chi connectivity index (χ0) is 15.7. The number of ketones is 1. The van der Waals surface area contributed by atoms with Gasteiger partial charge < -0.3 is 5.11 Å². The number of allylic oxidation sites excluding steroid dienone is 1. The van der Waals surface area contributed by atoms with Crippen LogP contribution in [0.25, 0.3) is 0 Å². The van der Waals surface area contributed by atoms with Crippen molar-refractivity contribution in [2.75, 3.05) is 0 Å². The Kier molecular flexibility index (Phi) is 3.15. The molecule has 3 fully saturated rings. The summed E-state index contributed by atoms with van der Waals surface area (Å²) in [6.07, 6.45) is 7.10. The number of carbonyl (C=O) groups is 1. The predicted octanol–water partition coefficient (Wildman–Crippen LogP) is 3.83. The summed E-state index contributed by atoms with van der Waals surface area (Å²) in [6.45, 7) is 4.30. The van der Waals surface area contributed by atoms with Crippen LogP contribution in [-0.4, -0.2) is 23.2 Å². The third-order valence-electron chi connectivity index (χ3n) is 7.74. The maximum Gasteiger partial charge on any atom is 0.173 e. The maximum absolute atomic E-state index is 14.1. The van der Waals surface area contributed by atoms with Gasteiger partial charge in [0.2, 0.25) is 0 Å². The Morgan fingerprint density at radius 2 is 1.95 bits per heavy atom. The molecule has 4 aliphatic rings. The summed E-state index contributed by atoms with van der Waals surface area (Å²) in [7, 11) is 0. The molecule has 0 heterocycles. The molecule has 2 unspecified atom stereocenters. The lowest BCUT2D eigenvalue weighted by molar-refractivity contribution is -0.137. The van der Waals surface area contributed by atoms with Crippen molar-refractivity contribution in [1.29, 1.82) is 0 Å². The lowest BCUT2D eigenvalue weighted by atomic mass is 9.47. The molecule has 4 aliphatic carbocycles. The van der Waals surface area contributed by atoms with Gasteiger partial charge in [0.1, 0.15) is 0 Å². The van der Waals surface area contributed by atoms with E-state index in [2.05, 4.69) is 13.0 Å². The first-order chi connectivity index (χ1) is 10.4. The first-order valence-corrected chi connectivity index (χ1v) is 8.95. The Balaban J connectivity index is 1.76. The molecule has 0 aromatic heterocycles. The van der Waals surface area contributed by atoms with Crippen molar-refractivity contribution >= 4 is 5.78 Å². The highest BCUT2D eigenvalue weighted by atomic mass is 19.1. The van der Waals surface area contributed by atoms with E-state index >= 15 is 0 Å². The van der Waals surface area contributed by atoms with Crippen molar-refractivity contribution in [3.8, 4) is 0 Å². The molecule has 122 valence electrons. The van der Waals surface area contributed by atoms with E-state index in [0.29, 0.717) is 12.3 Å². The second-order valence-electron chi connectivity index (χ2n) is 8.62. The lowest BCUT2D eigenvalue weighted by Gasteiger charge is -2.57. The smallest absolute Gasteiger partial charge is 0.173 e. The first-order valence-electron chi connectivity index (χ1n) is 8.95. The minimum absolute atomic E-state index is 0.0142. The number of hydrogen-bond donors (Lipinski definition) is 1. The van der Waals surface area contributed by atoms with Gasteiger partial charge in [-0.2, -0.15) is 0 Å². The van der Waals surface area contributed by atoms with Gasteiger partial charge in [-0.1, -0.05) is 31.9 Å². The van der Waals surface area contributed by atoms with E-state index in [1.807, 2.05) is 6.92 Å². The van der Waals surface area contributed by atoms with Gasteiger partial charge in [0.05, 0.1) is 6.10 Å². The summed E-state index contributed by atoms with van der Waals surface area (Å²) >= 11 is 0. The minimum Gasteiger partial charge on any atom is -0.389 e. The number of alkyl halides is 1. The normalized spacial score (nSPS) is 54.3. The second kappa shape index (κ2) is 4.66. The number of halogens is 1. The fraction of sp³-hybridized carbons (Fsp3) is 0.842. The van der Waals surface area contributed by atoms with Gasteiger partial charge in [0.15, 0.2) is 12.0 Å². The highest BCUT2D eigenvalue weighted by Crippen LogP contribution is 2.64. The summed E-state index contributed by atoms with van der Waals surface area (Å²) in [5, 5.41) is 10.8. The fourth-order valence-corrected chi connectivity index (χ4v) is 6.44. The fourth-order valence-electron chi connectivity index (χ4n) is 6.44. The number of aliphatic hydroxyl groups is 1. The van der Waals surface area contributed by atoms with Crippen LogP contribution < -0.4 is 0 Å². The van der Waals surface area contributed by atoms with Crippen molar-refractivity contribution < 1.29 is 14.3 Å². The number of fused-ring (bicyclic) bond motifs is 5. The summed E-state index contributed by atoms with van der Waals surface area (Å²) in [5.41, 5.74) is 1.05. The molecule has 0 bridgehead atoms. The molecule has 0 spiro atoms. The van der Waals surface area contributed by atoms with Gasteiger partial charge in [-0.25, -0.2) is 4.39 Å². The van der Waals surface area contributed by atoms with Crippen LogP contribution in [0.5, 0.6) is 0 Å². The largest absolute Gasteiger partial charge is 0.389 e. The third-order valence-corrected chi connectivity index (χ3v) is 7.74. The molecule has 0 aromatic carbocycles. The van der Waals surface area contributed by atoms with Crippen LogP contribution in [-0.2, 0) is 4.79 Å². The maximum atomic E-state index is 14.1. The van der Waals surface area contributed by atoms with Gasteiger partial charge in [-0.15, -0.1) is 0 Å². The first kappa shape index (κ1) is 14.9. The molecule has 22 heavy (non-hydrogen) atoms. The molecule has 4 rings (SSSR count). The molecule has 3 heteroatoms. The molecular formula is C19H27FO2. The molecule has 7 atom stereocenters. The molecule has 0 aromatic rings. The number of hydrogen-bond acceptors (Lipinski definition) is 2. The SMILES string of the molecule is C[C@]12CCCCC1=CC(O)[C@@H]1[C@H]2CC[C@]2(C)C(=O)C(F)C[C@@H]12. The highest BCUT2D eigenvalue weighted by Gasteiger charge is 2.62. The van der Waals surface area contributed by atoms with Crippen LogP contribution in [0.3, 0.4) is 0 Å². The minimum atomic E-state index is -1.31. The van der Waals surface area contributed by atoms with Crippen LogP contribution in [0.2, 0.25) is 0 Å². The van der Waals surface area contributed by atoms with Gasteiger partial charge in [-0.05, 0) is 61.7 Å². The predicted molar refractivity (Wildman–Crippen MR) is 83.0 cm³/mol. The Morgan fingerprint density at radius 1 is 1.18 bits per heavy atom. The molecule has 3 saturated carbocycles. The highest BCUT2D eigenvalue weighted by molar-refractivity contribution is 5.91. The van der Waals surface area contributed by atoms with Crippen molar-refractivity contribution in [1.82, 2.24) is 0 Å². The van der Waals surface area contributed by atoms with E-state index in [9.17, 15) is 14.3 Å². The Bertz CT molecular complexity index is 542.